The summed E-state index contributed by atoms with van der Waals surface area (Å²) in [5.41, 5.74) is 3.84. The van der Waals surface area contributed by atoms with E-state index in [1.54, 1.807) is 42.7 Å². The number of carbonyl (C=O) groups excluding carboxylic acids is 2. The van der Waals surface area contributed by atoms with E-state index in [0.717, 1.165) is 5.56 Å². The molecule has 2 aromatic carbocycles. The van der Waals surface area contributed by atoms with E-state index in [4.69, 9.17) is 0 Å². The minimum Gasteiger partial charge on any atom is -0.380 e. The van der Waals surface area contributed by atoms with Crippen LogP contribution in [0.4, 0.5) is 11.4 Å². The van der Waals surface area contributed by atoms with Gasteiger partial charge in [0.25, 0.3) is 5.91 Å². The fourth-order valence-corrected chi connectivity index (χ4v) is 2.62. The standard InChI is InChI=1S/C22H18N4O2/c1-15(27)18-4-5-19(13-23)21(12-18)25-14-16-2-6-20(7-3-16)26-22(28)17-8-10-24-11-9-17/h2-12,25H,14H2,1H3,(H,26,28). The molecule has 6 nitrogen and oxygen atoms in total. The number of benzene rings is 2. The summed E-state index contributed by atoms with van der Waals surface area (Å²) in [5, 5.41) is 15.3. The third kappa shape index (κ3) is 4.59. The summed E-state index contributed by atoms with van der Waals surface area (Å²) in [7, 11) is 0. The molecule has 28 heavy (non-hydrogen) atoms. The number of nitrogens with one attached hydrogen (secondary N) is 2. The van der Waals surface area contributed by atoms with Crippen LogP contribution in [0.3, 0.4) is 0 Å². The first-order chi connectivity index (χ1) is 13.6. The second-order valence-corrected chi connectivity index (χ2v) is 6.17. The number of hydrogen-bond donors (Lipinski definition) is 2. The first kappa shape index (κ1) is 18.8. The Labute approximate surface area is 162 Å². The normalized spacial score (nSPS) is 10.0. The molecule has 2 N–H and O–H groups in total. The summed E-state index contributed by atoms with van der Waals surface area (Å²) in [4.78, 5) is 27.6. The maximum atomic E-state index is 12.2. The molecule has 0 radical (unpaired) electrons. The second-order valence-electron chi connectivity index (χ2n) is 6.17. The number of carbonyl (C=O) groups is 2. The Bertz CT molecular complexity index is 1040. The molecule has 3 aromatic rings. The average molecular weight is 370 g/mol. The van der Waals surface area contributed by atoms with Crippen LogP contribution in [0.1, 0.15) is 38.8 Å². The molecule has 0 saturated heterocycles. The van der Waals surface area contributed by atoms with E-state index in [9.17, 15) is 14.9 Å². The number of aromatic nitrogens is 1. The van der Waals surface area contributed by atoms with Crippen LogP contribution in [0.2, 0.25) is 0 Å². The Balaban J connectivity index is 1.65. The number of anilines is 2. The summed E-state index contributed by atoms with van der Waals surface area (Å²) in [6, 6.07) is 17.8. The van der Waals surface area contributed by atoms with Crippen molar-refractivity contribution in [1.82, 2.24) is 4.98 Å². The zero-order chi connectivity index (χ0) is 19.9. The number of nitrogens with zero attached hydrogens (tertiary/aromatic N) is 2. The van der Waals surface area contributed by atoms with Crippen LogP contribution in [0, 0.1) is 11.3 Å². The Morgan fingerprint density at radius 1 is 1.00 bits per heavy atom. The van der Waals surface area contributed by atoms with Crippen LogP contribution in [0.15, 0.2) is 67.0 Å². The molecule has 0 saturated carbocycles. The van der Waals surface area contributed by atoms with Gasteiger partial charge in [-0.2, -0.15) is 5.26 Å². The minimum atomic E-state index is -0.201. The third-order valence-corrected chi connectivity index (χ3v) is 4.18. The molecule has 138 valence electrons. The van der Waals surface area contributed by atoms with Crippen LogP contribution in [0.25, 0.3) is 0 Å². The summed E-state index contributed by atoms with van der Waals surface area (Å²) < 4.78 is 0. The van der Waals surface area contributed by atoms with Gasteiger partial charge in [0.2, 0.25) is 0 Å². The molecule has 1 aromatic heterocycles. The van der Waals surface area contributed by atoms with Gasteiger partial charge in [-0.05, 0) is 55.0 Å². The maximum Gasteiger partial charge on any atom is 0.255 e. The average Bonchev–Trinajstić information content (AvgIpc) is 2.73. The zero-order valence-electron chi connectivity index (χ0n) is 15.3. The highest BCUT2D eigenvalue weighted by Gasteiger charge is 2.08. The highest BCUT2D eigenvalue weighted by molar-refractivity contribution is 6.04. The minimum absolute atomic E-state index is 0.0539. The number of hydrogen-bond acceptors (Lipinski definition) is 5. The predicted octanol–water partition coefficient (Wildman–Crippen LogP) is 4.02. The van der Waals surface area contributed by atoms with Crippen molar-refractivity contribution in [3.05, 3.63) is 89.2 Å². The van der Waals surface area contributed by atoms with E-state index in [0.29, 0.717) is 34.6 Å². The topological polar surface area (TPSA) is 94.9 Å². The molecule has 0 aliphatic heterocycles. The number of Topliss-reactive ketones (excluding diaryl/α,β-unsaturated/α-hetero) is 1. The molecule has 3 rings (SSSR count). The summed E-state index contributed by atoms with van der Waals surface area (Å²) in [6.07, 6.45) is 3.14. The number of nitriles is 1. The van der Waals surface area contributed by atoms with Crippen molar-refractivity contribution in [3.8, 4) is 6.07 Å². The molecule has 0 bridgehead atoms. The van der Waals surface area contributed by atoms with E-state index < -0.39 is 0 Å². The summed E-state index contributed by atoms with van der Waals surface area (Å²) in [6.45, 7) is 1.97. The van der Waals surface area contributed by atoms with E-state index in [2.05, 4.69) is 21.7 Å². The monoisotopic (exact) mass is 370 g/mol. The lowest BCUT2D eigenvalue weighted by Gasteiger charge is -2.11. The second kappa shape index (κ2) is 8.60. The van der Waals surface area contributed by atoms with Crippen molar-refractivity contribution in [2.45, 2.75) is 13.5 Å². The van der Waals surface area contributed by atoms with Gasteiger partial charge >= 0.3 is 0 Å². The molecule has 0 fully saturated rings. The Morgan fingerprint density at radius 3 is 2.36 bits per heavy atom. The van der Waals surface area contributed by atoms with Crippen molar-refractivity contribution in [3.63, 3.8) is 0 Å². The first-order valence-corrected chi connectivity index (χ1v) is 8.66. The number of amides is 1. The molecule has 0 aliphatic rings. The van der Waals surface area contributed by atoms with Crippen molar-refractivity contribution >= 4 is 23.1 Å². The van der Waals surface area contributed by atoms with E-state index in [1.807, 2.05) is 24.3 Å². The molecular weight excluding hydrogens is 352 g/mol. The van der Waals surface area contributed by atoms with Gasteiger partial charge in [0, 0.05) is 35.8 Å². The lowest BCUT2D eigenvalue weighted by atomic mass is 10.1. The van der Waals surface area contributed by atoms with Crippen LogP contribution < -0.4 is 10.6 Å². The van der Waals surface area contributed by atoms with E-state index in [1.165, 1.54) is 6.92 Å². The number of ketones is 1. The molecule has 0 atom stereocenters. The number of pyridine rings is 1. The molecular formula is C22H18N4O2. The van der Waals surface area contributed by atoms with Crippen molar-refractivity contribution < 1.29 is 9.59 Å². The SMILES string of the molecule is CC(=O)c1ccc(C#N)c(NCc2ccc(NC(=O)c3ccncc3)cc2)c1. The first-order valence-electron chi connectivity index (χ1n) is 8.66. The van der Waals surface area contributed by atoms with Crippen molar-refractivity contribution in [1.29, 1.82) is 5.26 Å². The highest BCUT2D eigenvalue weighted by Crippen LogP contribution is 2.19. The van der Waals surface area contributed by atoms with Gasteiger partial charge in [0.1, 0.15) is 6.07 Å². The van der Waals surface area contributed by atoms with Crippen LogP contribution in [0.5, 0.6) is 0 Å². The highest BCUT2D eigenvalue weighted by atomic mass is 16.1. The lowest BCUT2D eigenvalue weighted by Crippen LogP contribution is -2.11. The summed E-state index contributed by atoms with van der Waals surface area (Å²) in [5.74, 6) is -0.255. The van der Waals surface area contributed by atoms with Gasteiger partial charge in [-0.15, -0.1) is 0 Å². The Morgan fingerprint density at radius 2 is 1.71 bits per heavy atom. The molecule has 0 spiro atoms. The fourth-order valence-electron chi connectivity index (χ4n) is 2.62. The lowest BCUT2D eigenvalue weighted by molar-refractivity contribution is 0.101. The van der Waals surface area contributed by atoms with Crippen LogP contribution in [-0.4, -0.2) is 16.7 Å². The molecule has 1 amide bonds. The maximum absolute atomic E-state index is 12.2. The van der Waals surface area contributed by atoms with Gasteiger partial charge in [0.05, 0.1) is 11.3 Å². The van der Waals surface area contributed by atoms with E-state index in [-0.39, 0.29) is 11.7 Å². The van der Waals surface area contributed by atoms with Crippen molar-refractivity contribution in [2.75, 3.05) is 10.6 Å². The summed E-state index contributed by atoms with van der Waals surface area (Å²) >= 11 is 0. The van der Waals surface area contributed by atoms with Crippen LogP contribution in [-0.2, 0) is 6.54 Å². The Hall–Kier alpha value is -3.98. The molecule has 6 heteroatoms. The largest absolute Gasteiger partial charge is 0.380 e. The quantitative estimate of drug-likeness (QED) is 0.639. The van der Waals surface area contributed by atoms with Gasteiger partial charge in [-0.1, -0.05) is 12.1 Å². The predicted molar refractivity (Wildman–Crippen MR) is 107 cm³/mol. The molecule has 0 aliphatic carbocycles. The van der Waals surface area contributed by atoms with Gasteiger partial charge < -0.3 is 10.6 Å². The molecule has 1 heterocycles. The number of rotatable bonds is 6. The fraction of sp³-hybridized carbons (Fsp3) is 0.0909. The van der Waals surface area contributed by atoms with Gasteiger partial charge in [-0.3, -0.25) is 14.6 Å². The Kier molecular flexibility index (Phi) is 5.78. The van der Waals surface area contributed by atoms with Crippen molar-refractivity contribution in [2.24, 2.45) is 0 Å². The smallest absolute Gasteiger partial charge is 0.255 e. The van der Waals surface area contributed by atoms with Crippen LogP contribution >= 0.6 is 0 Å². The van der Waals surface area contributed by atoms with Gasteiger partial charge in [-0.25, -0.2) is 0 Å². The van der Waals surface area contributed by atoms with E-state index >= 15 is 0 Å². The third-order valence-electron chi connectivity index (χ3n) is 4.18. The van der Waals surface area contributed by atoms with Gasteiger partial charge in [0.15, 0.2) is 5.78 Å². The molecule has 0 unspecified atom stereocenters. The zero-order valence-corrected chi connectivity index (χ0v) is 15.3.